The van der Waals surface area contributed by atoms with Gasteiger partial charge in [0.2, 0.25) is 11.8 Å². The fourth-order valence-electron chi connectivity index (χ4n) is 3.50. The molecule has 2 aromatic rings. The van der Waals surface area contributed by atoms with Gasteiger partial charge in [-0.2, -0.15) is 0 Å². The zero-order valence-electron chi connectivity index (χ0n) is 19.3. The Morgan fingerprint density at radius 3 is 2.64 bits per heavy atom. The minimum absolute atomic E-state index is 0.0959. The molecule has 9 nitrogen and oxygen atoms in total. The molecule has 0 aliphatic carbocycles. The first kappa shape index (κ1) is 26.2. The van der Waals surface area contributed by atoms with E-state index in [0.29, 0.717) is 30.7 Å². The van der Waals surface area contributed by atoms with Crippen LogP contribution in [0.1, 0.15) is 38.7 Å². The first-order valence-electron chi connectivity index (χ1n) is 11.0. The Balaban J connectivity index is 1.95. The van der Waals surface area contributed by atoms with Gasteiger partial charge in [-0.25, -0.2) is 4.79 Å². The van der Waals surface area contributed by atoms with Crippen LogP contribution in [0.2, 0.25) is 0 Å². The number of unbranched alkanes of at least 4 members (excludes halogenated alkanes) is 1. The number of aliphatic hydroxyl groups excluding tert-OH is 2. The standard InChI is InChI=1S/C24H33N3O6/c1-15-13-23(31)33-22-14-18(9-10-19(15)22)27-24(32)21(26-17(3)30)7-4-5-11-25-20(16(2)29)8-6-12-28/h6,8-10,13-14,16,20-21,25,28-29H,4-5,7,11-12H2,1-3H3,(H,26,30)(H,27,32)/b8-6+/t16-,20+,21+/m1/s1. The molecule has 0 unspecified atom stereocenters. The van der Waals surface area contributed by atoms with Crippen LogP contribution in [0.5, 0.6) is 0 Å². The van der Waals surface area contributed by atoms with Crippen LogP contribution in [0, 0.1) is 6.92 Å². The Labute approximate surface area is 192 Å². The predicted octanol–water partition coefficient (Wildman–Crippen LogP) is 1.60. The Kier molecular flexibility index (Phi) is 10.2. The molecule has 0 fully saturated rings. The summed E-state index contributed by atoms with van der Waals surface area (Å²) in [6.07, 6.45) is 4.49. The van der Waals surface area contributed by atoms with E-state index in [9.17, 15) is 19.5 Å². The number of aryl methyl sites for hydroxylation is 1. The van der Waals surface area contributed by atoms with E-state index in [1.807, 2.05) is 6.92 Å². The second-order valence-electron chi connectivity index (χ2n) is 8.03. The Morgan fingerprint density at radius 2 is 1.97 bits per heavy atom. The topological polar surface area (TPSA) is 141 Å². The number of rotatable bonds is 12. The van der Waals surface area contributed by atoms with Crippen molar-refractivity contribution < 1.29 is 24.2 Å². The van der Waals surface area contributed by atoms with Gasteiger partial charge in [0.15, 0.2) is 0 Å². The maximum Gasteiger partial charge on any atom is 0.336 e. The normalized spacial score (nSPS) is 14.2. The summed E-state index contributed by atoms with van der Waals surface area (Å²) in [6, 6.07) is 5.50. The fourth-order valence-corrected chi connectivity index (χ4v) is 3.50. The first-order chi connectivity index (χ1) is 15.7. The number of aliphatic hydroxyl groups is 2. The fraction of sp³-hybridized carbons (Fsp3) is 0.458. The lowest BCUT2D eigenvalue weighted by Gasteiger charge is -2.19. The molecule has 9 heteroatoms. The van der Waals surface area contributed by atoms with E-state index in [2.05, 4.69) is 16.0 Å². The number of hydrogen-bond donors (Lipinski definition) is 5. The lowest BCUT2D eigenvalue weighted by atomic mass is 10.1. The highest BCUT2D eigenvalue weighted by molar-refractivity contribution is 5.98. The molecule has 0 spiro atoms. The van der Waals surface area contributed by atoms with Crippen molar-refractivity contribution in [2.45, 2.75) is 58.2 Å². The minimum Gasteiger partial charge on any atom is -0.423 e. The number of amides is 2. The molecule has 0 bridgehead atoms. The van der Waals surface area contributed by atoms with Gasteiger partial charge in [-0.3, -0.25) is 9.59 Å². The summed E-state index contributed by atoms with van der Waals surface area (Å²) in [7, 11) is 0. The van der Waals surface area contributed by atoms with Gasteiger partial charge >= 0.3 is 5.63 Å². The molecular formula is C24H33N3O6. The van der Waals surface area contributed by atoms with Crippen LogP contribution in [0.25, 0.3) is 11.0 Å². The third kappa shape index (κ3) is 8.45. The maximum absolute atomic E-state index is 12.8. The van der Waals surface area contributed by atoms with E-state index in [0.717, 1.165) is 17.4 Å². The second kappa shape index (κ2) is 12.9. The summed E-state index contributed by atoms with van der Waals surface area (Å²) in [4.78, 5) is 36.0. The van der Waals surface area contributed by atoms with Crippen molar-refractivity contribution in [1.82, 2.24) is 10.6 Å². The molecule has 180 valence electrons. The van der Waals surface area contributed by atoms with Crippen LogP contribution in [-0.4, -0.2) is 53.4 Å². The van der Waals surface area contributed by atoms with Crippen LogP contribution >= 0.6 is 0 Å². The Hall–Kier alpha value is -3.01. The van der Waals surface area contributed by atoms with Crippen LogP contribution < -0.4 is 21.6 Å². The average Bonchev–Trinajstić information content (AvgIpc) is 2.73. The second-order valence-corrected chi connectivity index (χ2v) is 8.03. The molecule has 1 heterocycles. The van der Waals surface area contributed by atoms with E-state index in [1.165, 1.54) is 13.0 Å². The van der Waals surface area contributed by atoms with Crippen LogP contribution in [0.4, 0.5) is 5.69 Å². The summed E-state index contributed by atoms with van der Waals surface area (Å²) in [5.74, 6) is -0.669. The van der Waals surface area contributed by atoms with Crippen molar-refractivity contribution in [2.24, 2.45) is 0 Å². The number of carbonyl (C=O) groups excluding carboxylic acids is 2. The van der Waals surface area contributed by atoms with Crippen molar-refractivity contribution in [1.29, 1.82) is 0 Å². The number of hydrogen-bond acceptors (Lipinski definition) is 7. The lowest BCUT2D eigenvalue weighted by Crippen LogP contribution is -2.43. The molecule has 1 aromatic carbocycles. The van der Waals surface area contributed by atoms with Gasteiger partial charge in [-0.1, -0.05) is 12.2 Å². The van der Waals surface area contributed by atoms with Crippen LogP contribution in [0.15, 0.2) is 45.6 Å². The summed E-state index contributed by atoms with van der Waals surface area (Å²) >= 11 is 0. The van der Waals surface area contributed by atoms with Crippen molar-refractivity contribution in [3.05, 3.63) is 52.4 Å². The van der Waals surface area contributed by atoms with Crippen molar-refractivity contribution in [2.75, 3.05) is 18.5 Å². The molecule has 0 aliphatic rings. The van der Waals surface area contributed by atoms with Gasteiger partial charge < -0.3 is 30.6 Å². The smallest absolute Gasteiger partial charge is 0.336 e. The molecule has 2 rings (SSSR count). The monoisotopic (exact) mass is 459 g/mol. The number of carbonyl (C=O) groups is 2. The average molecular weight is 460 g/mol. The molecule has 0 saturated carbocycles. The number of nitrogens with one attached hydrogen (secondary N) is 3. The van der Waals surface area contributed by atoms with E-state index in [-0.39, 0.29) is 24.5 Å². The van der Waals surface area contributed by atoms with Gasteiger partial charge in [0, 0.05) is 30.1 Å². The molecule has 1 aromatic heterocycles. The molecule has 33 heavy (non-hydrogen) atoms. The molecule has 0 radical (unpaired) electrons. The number of anilines is 1. The Morgan fingerprint density at radius 1 is 1.21 bits per heavy atom. The van der Waals surface area contributed by atoms with E-state index in [4.69, 9.17) is 9.52 Å². The Bertz CT molecular complexity index is 1030. The highest BCUT2D eigenvalue weighted by Crippen LogP contribution is 2.21. The highest BCUT2D eigenvalue weighted by atomic mass is 16.4. The molecule has 0 aliphatic heterocycles. The van der Waals surface area contributed by atoms with E-state index >= 15 is 0 Å². The summed E-state index contributed by atoms with van der Waals surface area (Å²) < 4.78 is 5.22. The zero-order valence-corrected chi connectivity index (χ0v) is 19.3. The van der Waals surface area contributed by atoms with Crippen LogP contribution in [-0.2, 0) is 9.59 Å². The molecule has 5 N–H and O–H groups in total. The largest absolute Gasteiger partial charge is 0.423 e. The maximum atomic E-state index is 12.8. The van der Waals surface area contributed by atoms with Gasteiger partial charge in [-0.15, -0.1) is 0 Å². The number of fused-ring (bicyclic) bond motifs is 1. The molecule has 0 saturated heterocycles. The van der Waals surface area contributed by atoms with Crippen molar-refractivity contribution in [3.63, 3.8) is 0 Å². The van der Waals surface area contributed by atoms with Crippen LogP contribution in [0.3, 0.4) is 0 Å². The molecular weight excluding hydrogens is 426 g/mol. The molecule has 2 amide bonds. The zero-order chi connectivity index (χ0) is 24.4. The summed E-state index contributed by atoms with van der Waals surface area (Å²) in [5, 5.41) is 28.1. The lowest BCUT2D eigenvalue weighted by molar-refractivity contribution is -0.125. The van der Waals surface area contributed by atoms with E-state index < -0.39 is 17.8 Å². The molecule has 3 atom stereocenters. The first-order valence-corrected chi connectivity index (χ1v) is 11.0. The third-order valence-corrected chi connectivity index (χ3v) is 5.18. The van der Waals surface area contributed by atoms with Crippen molar-refractivity contribution >= 4 is 28.5 Å². The SMILES string of the molecule is CC(=O)N[C@@H](CCCCN[C@@H](/C=C/CO)[C@@H](C)O)C(=O)Nc1ccc2c(C)cc(=O)oc2c1. The number of benzene rings is 1. The quantitative estimate of drug-likeness (QED) is 0.184. The third-order valence-electron chi connectivity index (χ3n) is 5.18. The van der Waals surface area contributed by atoms with Crippen molar-refractivity contribution in [3.8, 4) is 0 Å². The predicted molar refractivity (Wildman–Crippen MR) is 127 cm³/mol. The summed E-state index contributed by atoms with van der Waals surface area (Å²) in [6.45, 7) is 5.33. The minimum atomic E-state index is -0.718. The van der Waals surface area contributed by atoms with E-state index in [1.54, 1.807) is 37.3 Å². The van der Waals surface area contributed by atoms with Gasteiger partial charge in [0.1, 0.15) is 11.6 Å². The summed E-state index contributed by atoms with van der Waals surface area (Å²) in [5.41, 5.74) is 1.17. The highest BCUT2D eigenvalue weighted by Gasteiger charge is 2.20. The van der Waals surface area contributed by atoms with Gasteiger partial charge in [0.05, 0.1) is 18.8 Å². The van der Waals surface area contributed by atoms with Gasteiger partial charge in [-0.05, 0) is 57.4 Å². The van der Waals surface area contributed by atoms with Gasteiger partial charge in [0.25, 0.3) is 0 Å².